The lowest BCUT2D eigenvalue weighted by molar-refractivity contribution is 0.128. The lowest BCUT2D eigenvalue weighted by Crippen LogP contribution is -2.08. The molecule has 0 rings (SSSR count). The topological polar surface area (TPSA) is 83.5 Å². The van der Waals surface area contributed by atoms with E-state index in [1.165, 1.54) is 6.08 Å². The zero-order valence-electron chi connectivity index (χ0n) is 8.10. The molecule has 0 fully saturated rings. The number of aliphatic imine (C=N–C) groups is 1. The van der Waals surface area contributed by atoms with Crippen LogP contribution in [-0.2, 0) is 4.84 Å². The Labute approximate surface area is 87.8 Å². The van der Waals surface area contributed by atoms with E-state index in [9.17, 15) is 0 Å². The largest absolute Gasteiger partial charge is 0.414 e. The molecule has 0 atom stereocenters. The fourth-order valence-corrected chi connectivity index (χ4v) is 0.793. The van der Waals surface area contributed by atoms with E-state index in [1.807, 2.05) is 0 Å². The maximum atomic E-state index is 7.24. The van der Waals surface area contributed by atoms with Crippen LogP contribution in [0.3, 0.4) is 0 Å². The van der Waals surface area contributed by atoms with Crippen LogP contribution < -0.4 is 11.2 Å². The maximum absolute atomic E-state index is 7.24. The smallest absolute Gasteiger partial charge is 0.164 e. The summed E-state index contributed by atoms with van der Waals surface area (Å²) in [5.74, 6) is 0.359. The third-order valence-electron chi connectivity index (χ3n) is 1.24. The van der Waals surface area contributed by atoms with Crippen molar-refractivity contribution in [3.05, 3.63) is 22.6 Å². The lowest BCUT2D eigenvalue weighted by atomic mass is 10.3. The highest BCUT2D eigenvalue weighted by molar-refractivity contribution is 6.43. The molecule has 0 amide bonds. The highest BCUT2D eigenvalue weighted by Crippen LogP contribution is 2.10. The summed E-state index contributed by atoms with van der Waals surface area (Å²) in [5, 5.41) is 7.28. The highest BCUT2D eigenvalue weighted by atomic mass is 35.5. The minimum atomic E-state index is -0.169. The molecule has 0 aliphatic heterocycles. The van der Waals surface area contributed by atoms with Gasteiger partial charge in [0.05, 0.1) is 5.70 Å². The van der Waals surface area contributed by atoms with E-state index in [4.69, 9.17) is 27.6 Å². The van der Waals surface area contributed by atoms with Crippen LogP contribution >= 0.6 is 11.6 Å². The van der Waals surface area contributed by atoms with Gasteiger partial charge in [0.25, 0.3) is 0 Å². The van der Waals surface area contributed by atoms with Gasteiger partial charge in [0.1, 0.15) is 10.8 Å². The summed E-state index contributed by atoms with van der Waals surface area (Å²) < 4.78 is 0. The second kappa shape index (κ2) is 6.17. The van der Waals surface area contributed by atoms with Gasteiger partial charge in [-0.3, -0.25) is 5.41 Å². The predicted molar refractivity (Wildman–Crippen MR) is 58.2 cm³/mol. The fraction of sp³-hybridized carbons (Fsp3) is 0.250. The number of rotatable bonds is 4. The molecule has 0 saturated carbocycles. The Morgan fingerprint density at radius 1 is 1.71 bits per heavy atom. The number of halogens is 1. The summed E-state index contributed by atoms with van der Waals surface area (Å²) in [6.45, 7) is 4.86. The van der Waals surface area contributed by atoms with Crippen LogP contribution in [0.5, 0.6) is 0 Å². The number of hydrogen-bond acceptors (Lipinski definition) is 4. The van der Waals surface area contributed by atoms with Gasteiger partial charge >= 0.3 is 0 Å². The number of amidine groups is 1. The van der Waals surface area contributed by atoms with Crippen LogP contribution in [0, 0.1) is 5.41 Å². The van der Waals surface area contributed by atoms with Crippen molar-refractivity contribution < 1.29 is 4.84 Å². The van der Waals surface area contributed by atoms with E-state index < -0.39 is 0 Å². The Hall–Kier alpha value is -1.33. The Balaban J connectivity index is 4.74. The Bertz CT molecular complexity index is 296. The third-order valence-corrected chi connectivity index (χ3v) is 1.64. The first kappa shape index (κ1) is 12.7. The highest BCUT2D eigenvalue weighted by Gasteiger charge is 2.03. The van der Waals surface area contributed by atoms with E-state index in [0.717, 1.165) is 0 Å². The molecular formula is C8H13ClN4O. The first-order valence-corrected chi connectivity index (χ1v) is 4.13. The number of nitrogens with two attached hydrogens (primary N) is 1. The fourth-order valence-electron chi connectivity index (χ4n) is 0.679. The molecule has 6 heteroatoms. The molecule has 14 heavy (non-hydrogen) atoms. The van der Waals surface area contributed by atoms with Crippen molar-refractivity contribution in [3.8, 4) is 0 Å². The van der Waals surface area contributed by atoms with Gasteiger partial charge < -0.3 is 10.6 Å². The van der Waals surface area contributed by atoms with Gasteiger partial charge in [-0.25, -0.2) is 4.99 Å². The number of nitrogens with zero attached hydrogens (tertiary/aromatic N) is 1. The molecule has 0 bridgehead atoms. The molecule has 0 aromatic heterocycles. The zero-order chi connectivity index (χ0) is 11.1. The van der Waals surface area contributed by atoms with Crippen LogP contribution in [0.15, 0.2) is 27.6 Å². The molecular weight excluding hydrogens is 204 g/mol. The Morgan fingerprint density at radius 3 is 2.71 bits per heavy atom. The van der Waals surface area contributed by atoms with Gasteiger partial charge in [-0.05, 0) is 13.6 Å². The van der Waals surface area contributed by atoms with Crippen molar-refractivity contribution in [1.82, 2.24) is 5.48 Å². The summed E-state index contributed by atoms with van der Waals surface area (Å²) in [7, 11) is 1.62. The van der Waals surface area contributed by atoms with Crippen LogP contribution in [0.25, 0.3) is 0 Å². The summed E-state index contributed by atoms with van der Waals surface area (Å²) in [6.07, 6.45) is 1.48. The van der Waals surface area contributed by atoms with Crippen LogP contribution in [0.1, 0.15) is 6.92 Å². The lowest BCUT2D eigenvalue weighted by Gasteiger charge is -2.03. The van der Waals surface area contributed by atoms with Gasteiger partial charge in [0.2, 0.25) is 0 Å². The molecule has 5 nitrogen and oxygen atoms in total. The molecule has 4 N–H and O–H groups in total. The standard InChI is InChI=1S/C8H13ClN4O/c1-5(14-13-3)4-6(10)7(9)8(11)12-2/h4,11,13H,2,10H2,1,3H3/b5-4+,7-6?,11-8?. The molecule has 0 radical (unpaired) electrons. The molecule has 0 aliphatic rings. The number of allylic oxidation sites excluding steroid dienone is 2. The number of nitrogens with one attached hydrogen (secondary N) is 2. The van der Waals surface area contributed by atoms with Crippen molar-refractivity contribution >= 4 is 24.2 Å². The van der Waals surface area contributed by atoms with E-state index in [1.54, 1.807) is 14.0 Å². The Morgan fingerprint density at radius 2 is 2.29 bits per heavy atom. The molecule has 0 aliphatic carbocycles. The average Bonchev–Trinajstić information content (AvgIpc) is 2.15. The van der Waals surface area contributed by atoms with Gasteiger partial charge in [-0.1, -0.05) is 11.6 Å². The minimum Gasteiger partial charge on any atom is -0.414 e. The Kier molecular flexibility index (Phi) is 5.59. The van der Waals surface area contributed by atoms with Gasteiger partial charge in [-0.15, -0.1) is 0 Å². The van der Waals surface area contributed by atoms with Crippen molar-refractivity contribution in [1.29, 1.82) is 5.41 Å². The normalized spacial score (nSPS) is 13.2. The first-order chi connectivity index (χ1) is 6.52. The van der Waals surface area contributed by atoms with Crippen molar-refractivity contribution in [2.24, 2.45) is 10.7 Å². The number of hydroxylamine groups is 1. The molecule has 0 saturated heterocycles. The summed E-state index contributed by atoms with van der Waals surface area (Å²) >= 11 is 5.70. The summed E-state index contributed by atoms with van der Waals surface area (Å²) in [5.41, 5.74) is 8.24. The average molecular weight is 217 g/mol. The summed E-state index contributed by atoms with van der Waals surface area (Å²) in [4.78, 5) is 8.24. The molecule has 0 aromatic carbocycles. The molecule has 0 heterocycles. The zero-order valence-corrected chi connectivity index (χ0v) is 8.85. The number of hydrogen-bond donors (Lipinski definition) is 3. The SMILES string of the molecule is C=NC(=N)C(Cl)=C(N)/C=C(\C)ONC. The molecule has 0 aromatic rings. The molecule has 0 unspecified atom stereocenters. The predicted octanol–water partition coefficient (Wildman–Crippen LogP) is 1.13. The van der Waals surface area contributed by atoms with Gasteiger partial charge in [-0.2, -0.15) is 5.48 Å². The van der Waals surface area contributed by atoms with Crippen molar-refractivity contribution in [2.45, 2.75) is 6.92 Å². The monoisotopic (exact) mass is 216 g/mol. The second-order valence-corrected chi connectivity index (χ2v) is 2.72. The van der Waals surface area contributed by atoms with Crippen LogP contribution in [-0.4, -0.2) is 19.6 Å². The van der Waals surface area contributed by atoms with Crippen LogP contribution in [0.4, 0.5) is 0 Å². The summed E-state index contributed by atoms with van der Waals surface area (Å²) in [6, 6.07) is 0. The van der Waals surface area contributed by atoms with Gasteiger partial charge in [0.15, 0.2) is 5.84 Å². The minimum absolute atomic E-state index is 0.0408. The van der Waals surface area contributed by atoms with E-state index in [-0.39, 0.29) is 16.6 Å². The molecule has 0 spiro atoms. The molecule has 78 valence electrons. The van der Waals surface area contributed by atoms with Crippen molar-refractivity contribution in [3.63, 3.8) is 0 Å². The van der Waals surface area contributed by atoms with E-state index >= 15 is 0 Å². The second-order valence-electron chi connectivity index (χ2n) is 2.34. The quantitative estimate of drug-likeness (QED) is 0.217. The van der Waals surface area contributed by atoms with Crippen LogP contribution in [0.2, 0.25) is 0 Å². The van der Waals surface area contributed by atoms with Crippen molar-refractivity contribution in [2.75, 3.05) is 7.05 Å². The van der Waals surface area contributed by atoms with E-state index in [0.29, 0.717) is 5.76 Å². The maximum Gasteiger partial charge on any atom is 0.164 e. The first-order valence-electron chi connectivity index (χ1n) is 3.75. The van der Waals surface area contributed by atoms with Gasteiger partial charge in [0, 0.05) is 13.1 Å². The van der Waals surface area contributed by atoms with E-state index in [2.05, 4.69) is 17.2 Å². The third kappa shape index (κ3) is 4.06.